The summed E-state index contributed by atoms with van der Waals surface area (Å²) in [7, 11) is 0. The van der Waals surface area contributed by atoms with Crippen molar-refractivity contribution in [1.29, 1.82) is 0 Å². The molecule has 0 radical (unpaired) electrons. The molecule has 0 rings (SSSR count). The number of hydrogen-bond donors (Lipinski definition) is 2. The second kappa shape index (κ2) is 9.64. The van der Waals surface area contributed by atoms with Crippen molar-refractivity contribution in [2.45, 2.75) is 18.9 Å². The zero-order valence-electron chi connectivity index (χ0n) is 10.8. The fourth-order valence-electron chi connectivity index (χ4n) is 0.866. The van der Waals surface area contributed by atoms with Crippen LogP contribution in [0.5, 0.6) is 0 Å². The van der Waals surface area contributed by atoms with Gasteiger partial charge in [0, 0.05) is 12.5 Å². The maximum atomic E-state index is 12.0. The number of terminal acetylenes is 1. The van der Waals surface area contributed by atoms with Crippen LogP contribution in [-0.2, 0) is 19.1 Å². The molecule has 0 heterocycles. The molecule has 0 aromatic carbocycles. The highest BCUT2D eigenvalue weighted by atomic mass is 19.4. The van der Waals surface area contributed by atoms with Gasteiger partial charge in [0.25, 0.3) is 12.2 Å². The highest BCUT2D eigenvalue weighted by Crippen LogP contribution is 2.17. The third-order valence-corrected chi connectivity index (χ3v) is 1.73. The Morgan fingerprint density at radius 2 is 2.05 bits per heavy atom. The van der Waals surface area contributed by atoms with Crippen molar-refractivity contribution < 1.29 is 32.2 Å². The van der Waals surface area contributed by atoms with E-state index in [2.05, 4.69) is 14.8 Å². The lowest BCUT2D eigenvalue weighted by Crippen LogP contribution is -2.31. The molecule has 0 aromatic heterocycles. The molecule has 6 nitrogen and oxygen atoms in total. The number of alkyl halides is 3. The van der Waals surface area contributed by atoms with E-state index in [0.717, 1.165) is 0 Å². The number of rotatable bonds is 6. The van der Waals surface area contributed by atoms with Gasteiger partial charge in [0.2, 0.25) is 0 Å². The predicted molar refractivity (Wildman–Crippen MR) is 65.2 cm³/mol. The summed E-state index contributed by atoms with van der Waals surface area (Å²) in [4.78, 5) is 21.8. The van der Waals surface area contributed by atoms with Gasteiger partial charge in [-0.1, -0.05) is 5.92 Å². The lowest BCUT2D eigenvalue weighted by molar-refractivity contribution is -0.216. The first kappa shape index (κ1) is 18.8. The summed E-state index contributed by atoms with van der Waals surface area (Å²) in [6, 6.07) is 0. The van der Waals surface area contributed by atoms with E-state index in [4.69, 9.17) is 12.2 Å². The fourth-order valence-corrected chi connectivity index (χ4v) is 0.866. The zero-order chi connectivity index (χ0) is 16.3. The van der Waals surface area contributed by atoms with Crippen LogP contribution >= 0.6 is 0 Å². The van der Waals surface area contributed by atoms with Crippen molar-refractivity contribution in [1.82, 2.24) is 5.32 Å². The van der Waals surface area contributed by atoms with E-state index in [0.29, 0.717) is 13.0 Å². The van der Waals surface area contributed by atoms with Crippen LogP contribution in [0.15, 0.2) is 0 Å². The largest absolute Gasteiger partial charge is 0.491 e. The smallest absolute Gasteiger partial charge is 0.417 e. The molecule has 1 atom stereocenters. The molecule has 1 unspecified atom stereocenters. The summed E-state index contributed by atoms with van der Waals surface area (Å²) in [5.41, 5.74) is 5.20. The molecule has 3 N–H and O–H groups in total. The van der Waals surface area contributed by atoms with Gasteiger partial charge in [-0.05, 0) is 18.9 Å². The number of carbonyl (C=O) groups excluding carboxylic acids is 2. The molecule has 0 aliphatic carbocycles. The highest BCUT2D eigenvalue weighted by molar-refractivity contribution is 5.93. The summed E-state index contributed by atoms with van der Waals surface area (Å²) in [5, 5.41) is 2.33. The Balaban J connectivity index is 4.60. The summed E-state index contributed by atoms with van der Waals surface area (Å²) < 4.78 is 44.6. The minimum atomic E-state index is -5.21. The van der Waals surface area contributed by atoms with Gasteiger partial charge in [0.1, 0.15) is 6.61 Å². The van der Waals surface area contributed by atoms with E-state index in [9.17, 15) is 22.8 Å². The first-order valence-electron chi connectivity index (χ1n) is 5.63. The van der Waals surface area contributed by atoms with Crippen LogP contribution in [0.4, 0.5) is 13.2 Å². The van der Waals surface area contributed by atoms with E-state index in [1.165, 1.54) is 0 Å². The second-order valence-corrected chi connectivity index (χ2v) is 3.42. The standard InChI is InChI=1S/C12H13F3N2O4/c1-2-8-20-10(21-11(19)12(13,14)15)5-4-9(18)17-7-3-6-16/h1,10H,3,6-8,16H2,(H,17,18). The molecule has 0 fully saturated rings. The van der Waals surface area contributed by atoms with E-state index >= 15 is 0 Å². The highest BCUT2D eigenvalue weighted by Gasteiger charge is 2.42. The van der Waals surface area contributed by atoms with E-state index in [-0.39, 0.29) is 6.54 Å². The van der Waals surface area contributed by atoms with Gasteiger partial charge in [-0.3, -0.25) is 4.79 Å². The van der Waals surface area contributed by atoms with Crippen LogP contribution in [0.1, 0.15) is 6.42 Å². The molecular formula is C12H13F3N2O4. The average Bonchev–Trinajstić information content (AvgIpc) is 2.40. The summed E-state index contributed by atoms with van der Waals surface area (Å²) in [6.45, 7) is 0.159. The maximum Gasteiger partial charge on any atom is 0.491 e. The Hall–Kier alpha value is -2.23. The Morgan fingerprint density at radius 3 is 2.57 bits per heavy atom. The third-order valence-electron chi connectivity index (χ3n) is 1.73. The van der Waals surface area contributed by atoms with Gasteiger partial charge in [-0.25, -0.2) is 4.79 Å². The molecule has 0 saturated carbocycles. The van der Waals surface area contributed by atoms with Crippen LogP contribution in [-0.4, -0.2) is 44.0 Å². The molecular weight excluding hydrogens is 293 g/mol. The van der Waals surface area contributed by atoms with Crippen molar-refractivity contribution >= 4 is 11.9 Å². The molecule has 0 aliphatic rings. The topological polar surface area (TPSA) is 90.7 Å². The molecule has 9 heteroatoms. The first-order chi connectivity index (χ1) is 9.81. The number of nitrogens with two attached hydrogens (primary N) is 1. The number of amides is 1. The number of hydrogen-bond acceptors (Lipinski definition) is 5. The number of halogens is 3. The summed E-state index contributed by atoms with van der Waals surface area (Å²) in [6.07, 6.45) is -1.74. The Morgan fingerprint density at radius 1 is 1.38 bits per heavy atom. The lowest BCUT2D eigenvalue weighted by Gasteiger charge is -2.12. The number of ether oxygens (including phenoxy) is 2. The summed E-state index contributed by atoms with van der Waals surface area (Å²) in [5.74, 6) is 2.55. The van der Waals surface area contributed by atoms with Gasteiger partial charge in [0.05, 0.1) is 0 Å². The number of carbonyl (C=O) groups is 2. The van der Waals surface area contributed by atoms with Crippen LogP contribution in [0, 0.1) is 24.2 Å². The predicted octanol–water partition coefficient (Wildman–Crippen LogP) is -0.464. The van der Waals surface area contributed by atoms with Crippen molar-refractivity contribution in [2.75, 3.05) is 19.7 Å². The van der Waals surface area contributed by atoms with E-state index in [1.54, 1.807) is 0 Å². The van der Waals surface area contributed by atoms with E-state index in [1.807, 2.05) is 17.8 Å². The monoisotopic (exact) mass is 306 g/mol. The van der Waals surface area contributed by atoms with Crippen LogP contribution in [0.2, 0.25) is 0 Å². The van der Waals surface area contributed by atoms with Crippen LogP contribution in [0.3, 0.4) is 0 Å². The average molecular weight is 306 g/mol. The Bertz CT molecular complexity index is 460. The van der Waals surface area contributed by atoms with Crippen molar-refractivity contribution in [2.24, 2.45) is 5.73 Å². The van der Waals surface area contributed by atoms with Crippen molar-refractivity contribution in [3.8, 4) is 24.2 Å². The van der Waals surface area contributed by atoms with Gasteiger partial charge in [0.15, 0.2) is 0 Å². The molecule has 0 spiro atoms. The molecule has 116 valence electrons. The molecule has 0 aliphatic heterocycles. The lowest BCUT2D eigenvalue weighted by atomic mass is 10.4. The van der Waals surface area contributed by atoms with Gasteiger partial charge in [-0.2, -0.15) is 13.2 Å². The minimum Gasteiger partial charge on any atom is -0.417 e. The van der Waals surface area contributed by atoms with Crippen LogP contribution in [0.25, 0.3) is 0 Å². The SMILES string of the molecule is C#CCOC(C#CC(=O)NCCCN)OC(=O)C(F)(F)F. The van der Waals surface area contributed by atoms with Gasteiger partial charge >= 0.3 is 12.1 Å². The molecule has 0 saturated heterocycles. The zero-order valence-corrected chi connectivity index (χ0v) is 10.8. The van der Waals surface area contributed by atoms with Crippen LogP contribution < -0.4 is 11.1 Å². The molecule has 0 aromatic rings. The minimum absolute atomic E-state index is 0.252. The molecule has 1 amide bonds. The Kier molecular flexibility index (Phi) is 8.62. The second-order valence-electron chi connectivity index (χ2n) is 3.42. The van der Waals surface area contributed by atoms with Gasteiger partial charge < -0.3 is 20.5 Å². The van der Waals surface area contributed by atoms with Crippen molar-refractivity contribution in [3.05, 3.63) is 0 Å². The molecule has 21 heavy (non-hydrogen) atoms. The quantitative estimate of drug-likeness (QED) is 0.300. The summed E-state index contributed by atoms with van der Waals surface area (Å²) >= 11 is 0. The van der Waals surface area contributed by atoms with Crippen molar-refractivity contribution in [3.63, 3.8) is 0 Å². The third kappa shape index (κ3) is 9.32. The Labute approximate surface area is 119 Å². The maximum absolute atomic E-state index is 12.0. The first-order valence-corrected chi connectivity index (χ1v) is 5.63. The normalized spacial score (nSPS) is 11.6. The van der Waals surface area contributed by atoms with Gasteiger partial charge in [-0.15, -0.1) is 6.42 Å². The van der Waals surface area contributed by atoms with E-state index < -0.39 is 30.9 Å². The number of esters is 1. The fraction of sp³-hybridized carbons (Fsp3) is 0.500. The number of nitrogens with one attached hydrogen (secondary N) is 1. The molecule has 0 bridgehead atoms.